The SMILES string of the molecule is Cc1ccc(NCC(=O)NNC(=O)c2cccc(OCc3ccccc3)c2)c(C)c1. The smallest absolute Gasteiger partial charge is 0.269 e. The summed E-state index contributed by atoms with van der Waals surface area (Å²) < 4.78 is 5.74. The molecule has 0 saturated carbocycles. The van der Waals surface area contributed by atoms with Gasteiger partial charge in [0.1, 0.15) is 12.4 Å². The van der Waals surface area contributed by atoms with Crippen molar-refractivity contribution in [2.45, 2.75) is 20.5 Å². The Balaban J connectivity index is 1.47. The van der Waals surface area contributed by atoms with E-state index >= 15 is 0 Å². The van der Waals surface area contributed by atoms with Crippen LogP contribution >= 0.6 is 0 Å². The zero-order valence-corrected chi connectivity index (χ0v) is 17.1. The second-order valence-electron chi connectivity index (χ2n) is 6.98. The van der Waals surface area contributed by atoms with Crippen LogP contribution in [0.4, 0.5) is 5.69 Å². The Hall–Kier alpha value is -3.80. The number of carbonyl (C=O) groups excluding carboxylic acids is 2. The van der Waals surface area contributed by atoms with Gasteiger partial charge in [0.25, 0.3) is 11.8 Å². The number of benzene rings is 3. The summed E-state index contributed by atoms with van der Waals surface area (Å²) in [6, 6.07) is 22.5. The minimum atomic E-state index is -0.417. The Bertz CT molecular complexity index is 1020. The van der Waals surface area contributed by atoms with E-state index in [1.165, 1.54) is 0 Å². The van der Waals surface area contributed by atoms with E-state index in [0.717, 1.165) is 22.4 Å². The molecule has 0 bridgehead atoms. The maximum atomic E-state index is 12.3. The molecule has 0 aliphatic heterocycles. The van der Waals surface area contributed by atoms with Crippen LogP contribution in [0.1, 0.15) is 27.0 Å². The van der Waals surface area contributed by atoms with Crippen molar-refractivity contribution in [3.05, 3.63) is 95.1 Å². The van der Waals surface area contributed by atoms with E-state index in [4.69, 9.17) is 4.74 Å². The van der Waals surface area contributed by atoms with Gasteiger partial charge in [0, 0.05) is 11.3 Å². The summed E-state index contributed by atoms with van der Waals surface area (Å²) in [4.78, 5) is 24.4. The summed E-state index contributed by atoms with van der Waals surface area (Å²) in [5, 5.41) is 3.06. The predicted molar refractivity (Wildman–Crippen MR) is 117 cm³/mol. The van der Waals surface area contributed by atoms with Crippen LogP contribution in [0.3, 0.4) is 0 Å². The van der Waals surface area contributed by atoms with Crippen LogP contribution in [0.2, 0.25) is 0 Å². The Kier molecular flexibility index (Phi) is 7.05. The summed E-state index contributed by atoms with van der Waals surface area (Å²) in [5.74, 6) is -0.186. The van der Waals surface area contributed by atoms with Gasteiger partial charge in [-0.15, -0.1) is 0 Å². The van der Waals surface area contributed by atoms with Crippen LogP contribution < -0.4 is 20.9 Å². The number of hydrogen-bond acceptors (Lipinski definition) is 4. The standard InChI is InChI=1S/C24H25N3O3/c1-17-11-12-22(18(2)13-17)25-15-23(28)26-27-24(29)20-9-6-10-21(14-20)30-16-19-7-4-3-5-8-19/h3-14,25H,15-16H2,1-2H3,(H,26,28)(H,27,29). The van der Waals surface area contributed by atoms with Gasteiger partial charge in [0.15, 0.2) is 0 Å². The van der Waals surface area contributed by atoms with Crippen molar-refractivity contribution < 1.29 is 14.3 Å². The van der Waals surface area contributed by atoms with Crippen LogP contribution in [0, 0.1) is 13.8 Å². The molecule has 3 rings (SSSR count). The molecular formula is C24H25N3O3. The first-order valence-corrected chi connectivity index (χ1v) is 9.68. The van der Waals surface area contributed by atoms with E-state index in [0.29, 0.717) is 17.9 Å². The molecule has 0 heterocycles. The second kappa shape index (κ2) is 10.1. The first kappa shape index (κ1) is 20.9. The van der Waals surface area contributed by atoms with E-state index in [1.54, 1.807) is 24.3 Å². The van der Waals surface area contributed by atoms with Gasteiger partial charge in [0.05, 0.1) is 6.54 Å². The summed E-state index contributed by atoms with van der Waals surface area (Å²) in [5.41, 5.74) is 9.36. The van der Waals surface area contributed by atoms with E-state index < -0.39 is 5.91 Å². The summed E-state index contributed by atoms with van der Waals surface area (Å²) >= 11 is 0. The topological polar surface area (TPSA) is 79.5 Å². The Morgan fingerprint density at radius 3 is 2.43 bits per heavy atom. The number of amides is 2. The molecule has 0 spiro atoms. The summed E-state index contributed by atoms with van der Waals surface area (Å²) in [7, 11) is 0. The minimum absolute atomic E-state index is 0.0460. The molecule has 154 valence electrons. The molecule has 3 N–H and O–H groups in total. The molecule has 0 aliphatic carbocycles. The van der Waals surface area contributed by atoms with Gasteiger partial charge in [0.2, 0.25) is 0 Å². The van der Waals surface area contributed by atoms with Gasteiger partial charge in [-0.1, -0.05) is 54.1 Å². The van der Waals surface area contributed by atoms with Crippen molar-refractivity contribution >= 4 is 17.5 Å². The molecule has 3 aromatic carbocycles. The zero-order valence-electron chi connectivity index (χ0n) is 17.1. The first-order valence-electron chi connectivity index (χ1n) is 9.68. The van der Waals surface area contributed by atoms with Crippen molar-refractivity contribution in [1.29, 1.82) is 0 Å². The molecule has 30 heavy (non-hydrogen) atoms. The highest BCUT2D eigenvalue weighted by Gasteiger charge is 2.09. The van der Waals surface area contributed by atoms with Crippen molar-refractivity contribution in [3.8, 4) is 5.75 Å². The largest absolute Gasteiger partial charge is 0.489 e. The van der Waals surface area contributed by atoms with Crippen LogP contribution in [-0.4, -0.2) is 18.4 Å². The van der Waals surface area contributed by atoms with Gasteiger partial charge in [-0.05, 0) is 49.2 Å². The lowest BCUT2D eigenvalue weighted by Gasteiger charge is -2.12. The predicted octanol–water partition coefficient (Wildman–Crippen LogP) is 3.76. The number of hydrogen-bond donors (Lipinski definition) is 3. The first-order chi connectivity index (χ1) is 14.5. The Labute approximate surface area is 176 Å². The molecule has 6 nitrogen and oxygen atoms in total. The number of anilines is 1. The van der Waals surface area contributed by atoms with E-state index in [2.05, 4.69) is 16.2 Å². The molecule has 0 saturated heterocycles. The van der Waals surface area contributed by atoms with Crippen LogP contribution in [0.15, 0.2) is 72.8 Å². The fourth-order valence-corrected chi connectivity index (χ4v) is 2.90. The normalized spacial score (nSPS) is 10.2. The van der Waals surface area contributed by atoms with Gasteiger partial charge in [-0.25, -0.2) is 0 Å². The number of hydrazine groups is 1. The van der Waals surface area contributed by atoms with Crippen molar-refractivity contribution in [3.63, 3.8) is 0 Å². The number of aryl methyl sites for hydroxylation is 2. The third-order valence-corrected chi connectivity index (χ3v) is 4.48. The fraction of sp³-hybridized carbons (Fsp3) is 0.167. The average molecular weight is 403 g/mol. The van der Waals surface area contributed by atoms with Crippen molar-refractivity contribution in [2.75, 3.05) is 11.9 Å². The number of ether oxygens (including phenoxy) is 1. The number of carbonyl (C=O) groups is 2. The molecule has 6 heteroatoms. The monoisotopic (exact) mass is 403 g/mol. The second-order valence-corrected chi connectivity index (χ2v) is 6.98. The maximum Gasteiger partial charge on any atom is 0.269 e. The Morgan fingerprint density at radius 1 is 0.867 bits per heavy atom. The van der Waals surface area contributed by atoms with Crippen molar-refractivity contribution in [1.82, 2.24) is 10.9 Å². The van der Waals surface area contributed by atoms with E-state index in [9.17, 15) is 9.59 Å². The summed E-state index contributed by atoms with van der Waals surface area (Å²) in [6.07, 6.45) is 0. The molecule has 2 amide bonds. The maximum absolute atomic E-state index is 12.3. The lowest BCUT2D eigenvalue weighted by molar-refractivity contribution is -0.120. The molecule has 0 unspecified atom stereocenters. The molecule has 0 aliphatic rings. The molecule has 3 aromatic rings. The van der Waals surface area contributed by atoms with E-state index in [-0.39, 0.29) is 12.5 Å². The third kappa shape index (κ3) is 6.10. The Morgan fingerprint density at radius 2 is 1.67 bits per heavy atom. The number of nitrogens with one attached hydrogen (secondary N) is 3. The minimum Gasteiger partial charge on any atom is -0.489 e. The lowest BCUT2D eigenvalue weighted by Crippen LogP contribution is -2.44. The molecular weight excluding hydrogens is 378 g/mol. The van der Waals surface area contributed by atoms with Crippen molar-refractivity contribution in [2.24, 2.45) is 0 Å². The molecule has 0 fully saturated rings. The van der Waals surface area contributed by atoms with E-state index in [1.807, 2.05) is 62.4 Å². The fourth-order valence-electron chi connectivity index (χ4n) is 2.90. The lowest BCUT2D eigenvalue weighted by atomic mass is 10.1. The highest BCUT2D eigenvalue weighted by Crippen LogP contribution is 2.16. The van der Waals surface area contributed by atoms with Gasteiger partial charge in [-0.2, -0.15) is 0 Å². The molecule has 0 radical (unpaired) electrons. The van der Waals surface area contributed by atoms with Crippen LogP contribution in [0.25, 0.3) is 0 Å². The van der Waals surface area contributed by atoms with Crippen LogP contribution in [0.5, 0.6) is 5.75 Å². The zero-order chi connectivity index (χ0) is 21.3. The van der Waals surface area contributed by atoms with Gasteiger partial charge >= 0.3 is 0 Å². The number of rotatable bonds is 7. The van der Waals surface area contributed by atoms with Gasteiger partial charge in [-0.3, -0.25) is 20.4 Å². The quantitative estimate of drug-likeness (QED) is 0.525. The third-order valence-electron chi connectivity index (χ3n) is 4.48. The summed E-state index contributed by atoms with van der Waals surface area (Å²) in [6.45, 7) is 4.44. The highest BCUT2D eigenvalue weighted by atomic mass is 16.5. The molecule has 0 aromatic heterocycles. The molecule has 0 atom stereocenters. The highest BCUT2D eigenvalue weighted by molar-refractivity contribution is 5.96. The average Bonchev–Trinajstić information content (AvgIpc) is 2.76. The van der Waals surface area contributed by atoms with Gasteiger partial charge < -0.3 is 10.1 Å². The van der Waals surface area contributed by atoms with Crippen LogP contribution in [-0.2, 0) is 11.4 Å².